The van der Waals surface area contributed by atoms with Crippen molar-refractivity contribution >= 4 is 6.08 Å². The Bertz CT molecular complexity index is 577. The molecule has 2 N–H and O–H groups in total. The molecule has 2 atom stereocenters. The molecule has 0 saturated heterocycles. The molecule has 0 aromatic heterocycles. The lowest BCUT2D eigenvalue weighted by atomic mass is 10.0. The first-order chi connectivity index (χ1) is 10.8. The topological polar surface area (TPSA) is 32.3 Å². The molecule has 114 valence electrons. The van der Waals surface area contributed by atoms with Crippen molar-refractivity contribution in [2.24, 2.45) is 0 Å². The number of aliphatic hydroxyl groups is 1. The van der Waals surface area contributed by atoms with E-state index in [4.69, 9.17) is 0 Å². The van der Waals surface area contributed by atoms with Gasteiger partial charge in [0.05, 0.1) is 6.61 Å². The minimum absolute atomic E-state index is 0.0593. The second kappa shape index (κ2) is 8.98. The predicted octanol–water partition coefficient (Wildman–Crippen LogP) is 3.97. The predicted molar refractivity (Wildman–Crippen MR) is 93.5 cm³/mol. The van der Waals surface area contributed by atoms with Crippen LogP contribution in [-0.2, 0) is 0 Å². The molecule has 0 bridgehead atoms. The highest BCUT2D eigenvalue weighted by Crippen LogP contribution is 2.18. The maximum absolute atomic E-state index is 9.63. The van der Waals surface area contributed by atoms with Crippen LogP contribution in [0.2, 0.25) is 0 Å². The third-order valence-corrected chi connectivity index (χ3v) is 3.54. The van der Waals surface area contributed by atoms with E-state index in [0.29, 0.717) is 0 Å². The fourth-order valence-electron chi connectivity index (χ4n) is 2.37. The molecule has 22 heavy (non-hydrogen) atoms. The number of benzene rings is 2. The van der Waals surface area contributed by atoms with Crippen molar-refractivity contribution in [2.75, 3.05) is 6.61 Å². The van der Waals surface area contributed by atoms with Crippen LogP contribution in [0.5, 0.6) is 0 Å². The fraction of sp³-hybridized carbons (Fsp3) is 0.200. The highest BCUT2D eigenvalue weighted by Gasteiger charge is 2.13. The molecule has 0 fully saturated rings. The molecule has 0 aliphatic rings. The van der Waals surface area contributed by atoms with Gasteiger partial charge in [-0.1, -0.05) is 78.9 Å². The minimum Gasteiger partial charge on any atom is -0.394 e. The maximum atomic E-state index is 9.63. The smallest absolute Gasteiger partial charge is 0.0620 e. The van der Waals surface area contributed by atoms with Crippen molar-refractivity contribution in [3.8, 4) is 0 Å². The number of hydrogen-bond acceptors (Lipinski definition) is 2. The van der Waals surface area contributed by atoms with E-state index < -0.39 is 0 Å². The van der Waals surface area contributed by atoms with Crippen LogP contribution in [0.1, 0.15) is 23.6 Å². The normalized spacial score (nSPS) is 13.9. The van der Waals surface area contributed by atoms with E-state index in [2.05, 4.69) is 24.0 Å². The Hall–Kier alpha value is -2.16. The number of nitrogens with one attached hydrogen (secondary N) is 1. The van der Waals surface area contributed by atoms with Crippen molar-refractivity contribution in [3.63, 3.8) is 0 Å². The van der Waals surface area contributed by atoms with Gasteiger partial charge in [0.25, 0.3) is 0 Å². The van der Waals surface area contributed by atoms with Crippen LogP contribution in [0.4, 0.5) is 0 Å². The summed E-state index contributed by atoms with van der Waals surface area (Å²) in [4.78, 5) is 0. The second-order valence-electron chi connectivity index (χ2n) is 5.21. The molecule has 0 saturated carbocycles. The number of rotatable bonds is 8. The van der Waals surface area contributed by atoms with Gasteiger partial charge in [0.15, 0.2) is 0 Å². The molecule has 2 aromatic carbocycles. The maximum Gasteiger partial charge on any atom is 0.0620 e. The average Bonchev–Trinajstić information content (AvgIpc) is 2.59. The molecule has 0 unspecified atom stereocenters. The van der Waals surface area contributed by atoms with E-state index in [9.17, 15) is 5.11 Å². The van der Waals surface area contributed by atoms with Gasteiger partial charge >= 0.3 is 0 Å². The van der Waals surface area contributed by atoms with Gasteiger partial charge in [-0.25, -0.2) is 0 Å². The zero-order valence-electron chi connectivity index (χ0n) is 12.7. The van der Waals surface area contributed by atoms with Crippen LogP contribution in [0.15, 0.2) is 79.4 Å². The molecule has 2 rings (SSSR count). The Kier molecular flexibility index (Phi) is 6.62. The third-order valence-electron chi connectivity index (χ3n) is 3.54. The van der Waals surface area contributed by atoms with Crippen molar-refractivity contribution in [1.82, 2.24) is 5.32 Å². The van der Waals surface area contributed by atoms with Gasteiger partial charge in [-0.05, 0) is 17.5 Å². The summed E-state index contributed by atoms with van der Waals surface area (Å²) in [6.45, 7) is 3.89. The summed E-state index contributed by atoms with van der Waals surface area (Å²) in [5.41, 5.74) is 2.33. The SMILES string of the molecule is C=CC[C@@H](N[C@H](C=Cc1ccccc1)CO)c1ccccc1. The molecule has 2 aromatic rings. The Morgan fingerprint density at radius 1 is 1.00 bits per heavy atom. The molecule has 2 nitrogen and oxygen atoms in total. The van der Waals surface area contributed by atoms with Crippen LogP contribution < -0.4 is 5.32 Å². The van der Waals surface area contributed by atoms with Gasteiger partial charge in [-0.2, -0.15) is 0 Å². The standard InChI is InChI=1S/C20H23NO/c1-2-9-20(18-12-7-4-8-13-18)21-19(16-22)15-14-17-10-5-3-6-11-17/h2-8,10-15,19-22H,1,9,16H2/t19-,20-/m1/s1. The quantitative estimate of drug-likeness (QED) is 0.722. The van der Waals surface area contributed by atoms with Crippen molar-refractivity contribution in [1.29, 1.82) is 0 Å². The first kappa shape index (κ1) is 16.2. The zero-order chi connectivity index (χ0) is 15.6. The van der Waals surface area contributed by atoms with Crippen molar-refractivity contribution in [2.45, 2.75) is 18.5 Å². The van der Waals surface area contributed by atoms with Crippen LogP contribution in [-0.4, -0.2) is 17.8 Å². The van der Waals surface area contributed by atoms with E-state index in [1.54, 1.807) is 0 Å². The van der Waals surface area contributed by atoms with E-state index in [-0.39, 0.29) is 18.7 Å². The number of aliphatic hydroxyl groups excluding tert-OH is 1. The van der Waals surface area contributed by atoms with Gasteiger partial charge in [-0.3, -0.25) is 0 Å². The average molecular weight is 293 g/mol. The summed E-state index contributed by atoms with van der Waals surface area (Å²) in [7, 11) is 0. The summed E-state index contributed by atoms with van der Waals surface area (Å²) < 4.78 is 0. The van der Waals surface area contributed by atoms with E-state index >= 15 is 0 Å². The zero-order valence-corrected chi connectivity index (χ0v) is 12.7. The molecule has 0 radical (unpaired) electrons. The fourth-order valence-corrected chi connectivity index (χ4v) is 2.37. The third kappa shape index (κ3) is 4.99. The molecule has 0 heterocycles. The summed E-state index contributed by atoms with van der Waals surface area (Å²) in [5.74, 6) is 0. The van der Waals surface area contributed by atoms with Crippen LogP contribution >= 0.6 is 0 Å². The van der Waals surface area contributed by atoms with E-state index in [1.165, 1.54) is 5.56 Å². The second-order valence-corrected chi connectivity index (χ2v) is 5.21. The molecule has 0 amide bonds. The molecule has 0 aliphatic carbocycles. The molecule has 2 heteroatoms. The summed E-state index contributed by atoms with van der Waals surface area (Å²) in [6, 6.07) is 20.4. The Labute approximate surface area is 132 Å². The molecular weight excluding hydrogens is 270 g/mol. The van der Waals surface area contributed by atoms with Crippen molar-refractivity contribution < 1.29 is 5.11 Å². The molecule has 0 spiro atoms. The Morgan fingerprint density at radius 3 is 2.23 bits per heavy atom. The molecule has 0 aliphatic heterocycles. The van der Waals surface area contributed by atoms with E-state index in [1.807, 2.05) is 66.8 Å². The Balaban J connectivity index is 2.06. The summed E-state index contributed by atoms with van der Waals surface area (Å²) >= 11 is 0. The summed E-state index contributed by atoms with van der Waals surface area (Å²) in [5, 5.41) is 13.1. The van der Waals surface area contributed by atoms with Crippen LogP contribution in [0.3, 0.4) is 0 Å². The monoisotopic (exact) mass is 293 g/mol. The largest absolute Gasteiger partial charge is 0.394 e. The van der Waals surface area contributed by atoms with Crippen molar-refractivity contribution in [3.05, 3.63) is 90.5 Å². The minimum atomic E-state index is -0.0923. The van der Waals surface area contributed by atoms with Gasteiger partial charge < -0.3 is 10.4 Å². The first-order valence-corrected chi connectivity index (χ1v) is 7.59. The van der Waals surface area contributed by atoms with Gasteiger partial charge in [0.1, 0.15) is 0 Å². The highest BCUT2D eigenvalue weighted by atomic mass is 16.3. The molecular formula is C20H23NO. The van der Waals surface area contributed by atoms with Crippen LogP contribution in [0, 0.1) is 0 Å². The van der Waals surface area contributed by atoms with Gasteiger partial charge in [0.2, 0.25) is 0 Å². The first-order valence-electron chi connectivity index (χ1n) is 7.59. The lowest BCUT2D eigenvalue weighted by Gasteiger charge is -2.22. The lowest BCUT2D eigenvalue weighted by molar-refractivity contribution is 0.254. The Morgan fingerprint density at radius 2 is 1.64 bits per heavy atom. The number of hydrogen-bond donors (Lipinski definition) is 2. The van der Waals surface area contributed by atoms with Gasteiger partial charge in [-0.15, -0.1) is 6.58 Å². The highest BCUT2D eigenvalue weighted by molar-refractivity contribution is 5.49. The van der Waals surface area contributed by atoms with Crippen LogP contribution in [0.25, 0.3) is 6.08 Å². The van der Waals surface area contributed by atoms with Gasteiger partial charge in [0, 0.05) is 12.1 Å². The lowest BCUT2D eigenvalue weighted by Crippen LogP contribution is -2.34. The van der Waals surface area contributed by atoms with E-state index in [0.717, 1.165) is 12.0 Å². The summed E-state index contributed by atoms with van der Waals surface area (Å²) in [6.07, 6.45) is 6.76.